The third-order valence-electron chi connectivity index (χ3n) is 2.09. The minimum absolute atomic E-state index is 0.0545. The highest BCUT2D eigenvalue weighted by Gasteiger charge is 2.26. The predicted molar refractivity (Wildman–Crippen MR) is 66.0 cm³/mol. The van der Waals surface area contributed by atoms with Gasteiger partial charge in [-0.25, -0.2) is 14.7 Å². The van der Waals surface area contributed by atoms with Crippen molar-refractivity contribution < 1.29 is 9.59 Å². The van der Waals surface area contributed by atoms with E-state index in [1.165, 1.54) is 4.68 Å². The molecule has 9 heteroatoms. The number of primary amides is 1. The van der Waals surface area contributed by atoms with Gasteiger partial charge in [0, 0.05) is 7.05 Å². The van der Waals surface area contributed by atoms with Gasteiger partial charge in [-0.3, -0.25) is 14.8 Å². The van der Waals surface area contributed by atoms with Crippen molar-refractivity contribution in [1.82, 2.24) is 20.1 Å². The van der Waals surface area contributed by atoms with Gasteiger partial charge in [-0.05, 0) is 5.92 Å². The van der Waals surface area contributed by atoms with Crippen LogP contribution in [0.4, 0.5) is 4.79 Å². The Kier molecular flexibility index (Phi) is 4.54. The summed E-state index contributed by atoms with van der Waals surface area (Å²) in [5.41, 5.74) is 4.41. The SMILES string of the molecule is CC(C)[C@H](Sc1nc(=O)[nH]n1C)C(=O)NC(N)=O. The smallest absolute Gasteiger partial charge is 0.351 e. The lowest BCUT2D eigenvalue weighted by atomic mass is 10.1. The fraction of sp³-hybridized carbons (Fsp3) is 0.556. The summed E-state index contributed by atoms with van der Waals surface area (Å²) in [7, 11) is 1.61. The van der Waals surface area contributed by atoms with Gasteiger partial charge in [-0.2, -0.15) is 4.98 Å². The second-order valence-electron chi connectivity index (χ2n) is 4.01. The first-order chi connectivity index (χ1) is 8.31. The van der Waals surface area contributed by atoms with Gasteiger partial charge >= 0.3 is 11.7 Å². The first-order valence-electron chi connectivity index (χ1n) is 5.21. The number of hydrogen-bond donors (Lipinski definition) is 3. The fourth-order valence-corrected chi connectivity index (χ4v) is 2.29. The van der Waals surface area contributed by atoms with E-state index >= 15 is 0 Å². The molecule has 0 aliphatic carbocycles. The average Bonchev–Trinajstić information content (AvgIpc) is 2.51. The molecule has 1 heterocycles. The van der Waals surface area contributed by atoms with Crippen molar-refractivity contribution in [3.63, 3.8) is 0 Å². The van der Waals surface area contributed by atoms with Crippen molar-refractivity contribution in [2.24, 2.45) is 18.7 Å². The second kappa shape index (κ2) is 5.71. The number of imide groups is 1. The van der Waals surface area contributed by atoms with Crippen LogP contribution in [0.1, 0.15) is 13.8 Å². The van der Waals surface area contributed by atoms with Crippen molar-refractivity contribution in [1.29, 1.82) is 0 Å². The molecule has 0 aliphatic heterocycles. The molecule has 0 spiro atoms. The number of thioether (sulfide) groups is 1. The molecule has 8 nitrogen and oxygen atoms in total. The van der Waals surface area contributed by atoms with E-state index in [4.69, 9.17) is 5.73 Å². The van der Waals surface area contributed by atoms with Gasteiger partial charge in [0.15, 0.2) is 5.16 Å². The summed E-state index contributed by atoms with van der Waals surface area (Å²) in [5, 5.41) is 4.27. The van der Waals surface area contributed by atoms with Gasteiger partial charge < -0.3 is 5.73 Å². The van der Waals surface area contributed by atoms with Crippen LogP contribution in [0.25, 0.3) is 0 Å². The van der Waals surface area contributed by atoms with Gasteiger partial charge in [0.1, 0.15) is 0 Å². The standard InChI is InChI=1S/C9H15N5O3S/c1-4(2)5(6(15)11-7(10)16)18-9-12-8(17)13-14(9)3/h4-5H,1-3H3,(H,13,17)(H3,10,11,15,16)/t5-/m0/s1. The lowest BCUT2D eigenvalue weighted by molar-refractivity contribution is -0.120. The van der Waals surface area contributed by atoms with Crippen LogP contribution < -0.4 is 16.7 Å². The van der Waals surface area contributed by atoms with Crippen LogP contribution >= 0.6 is 11.8 Å². The highest BCUT2D eigenvalue weighted by molar-refractivity contribution is 8.00. The molecule has 0 saturated heterocycles. The highest BCUT2D eigenvalue weighted by Crippen LogP contribution is 2.25. The fourth-order valence-electron chi connectivity index (χ4n) is 1.28. The van der Waals surface area contributed by atoms with E-state index in [0.29, 0.717) is 5.16 Å². The van der Waals surface area contributed by atoms with Crippen LogP contribution in [0.15, 0.2) is 9.95 Å². The summed E-state index contributed by atoms with van der Waals surface area (Å²) in [6.45, 7) is 3.64. The minimum Gasteiger partial charge on any atom is -0.351 e. The zero-order valence-electron chi connectivity index (χ0n) is 10.3. The van der Waals surface area contributed by atoms with E-state index in [1.807, 2.05) is 19.2 Å². The van der Waals surface area contributed by atoms with E-state index in [1.54, 1.807) is 7.05 Å². The largest absolute Gasteiger partial charge is 0.362 e. The monoisotopic (exact) mass is 273 g/mol. The Balaban J connectivity index is 2.87. The van der Waals surface area contributed by atoms with E-state index in [2.05, 4.69) is 10.1 Å². The summed E-state index contributed by atoms with van der Waals surface area (Å²) < 4.78 is 1.42. The number of aryl methyl sites for hydroxylation is 1. The van der Waals surface area contributed by atoms with Crippen LogP contribution in [0, 0.1) is 5.92 Å². The Morgan fingerprint density at radius 3 is 2.50 bits per heavy atom. The highest BCUT2D eigenvalue weighted by atomic mass is 32.2. The number of H-pyrrole nitrogens is 1. The van der Waals surface area contributed by atoms with Crippen molar-refractivity contribution in [2.75, 3.05) is 0 Å². The van der Waals surface area contributed by atoms with Crippen molar-refractivity contribution in [3.05, 3.63) is 10.5 Å². The molecule has 0 fully saturated rings. The molecule has 0 saturated carbocycles. The number of nitrogens with zero attached hydrogens (tertiary/aromatic N) is 2. The number of hydrogen-bond acceptors (Lipinski definition) is 5. The minimum atomic E-state index is -0.901. The van der Waals surface area contributed by atoms with Crippen LogP contribution in [-0.4, -0.2) is 32.0 Å². The average molecular weight is 273 g/mol. The van der Waals surface area contributed by atoms with Gasteiger partial charge in [-0.1, -0.05) is 25.6 Å². The molecule has 4 N–H and O–H groups in total. The second-order valence-corrected chi connectivity index (χ2v) is 5.12. The first-order valence-corrected chi connectivity index (χ1v) is 6.09. The number of carbonyl (C=O) groups excluding carboxylic acids is 2. The molecule has 0 aliphatic rings. The zero-order chi connectivity index (χ0) is 13.9. The number of aromatic nitrogens is 3. The Morgan fingerprint density at radius 1 is 1.50 bits per heavy atom. The lowest BCUT2D eigenvalue weighted by Crippen LogP contribution is -2.42. The molecule has 1 aromatic rings. The number of rotatable bonds is 4. The maximum absolute atomic E-state index is 11.8. The summed E-state index contributed by atoms with van der Waals surface area (Å²) in [5.74, 6) is -0.556. The third kappa shape index (κ3) is 3.62. The van der Waals surface area contributed by atoms with Crippen LogP contribution in [0.5, 0.6) is 0 Å². The molecule has 0 bridgehead atoms. The molecule has 100 valence electrons. The molecule has 1 aromatic heterocycles. The third-order valence-corrected chi connectivity index (χ3v) is 3.68. The Labute approximate surface area is 107 Å². The van der Waals surface area contributed by atoms with Gasteiger partial charge in [0.2, 0.25) is 5.91 Å². The van der Waals surface area contributed by atoms with Gasteiger partial charge in [-0.15, -0.1) is 0 Å². The summed E-state index contributed by atoms with van der Waals surface area (Å²) >= 11 is 1.10. The quantitative estimate of drug-likeness (QED) is 0.633. The molecule has 3 amide bonds. The van der Waals surface area contributed by atoms with Gasteiger partial charge in [0.05, 0.1) is 5.25 Å². The number of aromatic amines is 1. The maximum Gasteiger partial charge on any atom is 0.362 e. The lowest BCUT2D eigenvalue weighted by Gasteiger charge is -2.17. The van der Waals surface area contributed by atoms with E-state index in [0.717, 1.165) is 11.8 Å². The maximum atomic E-state index is 11.8. The normalized spacial score (nSPS) is 12.4. The van der Waals surface area contributed by atoms with Crippen LogP contribution in [0.2, 0.25) is 0 Å². The number of nitrogens with two attached hydrogens (primary N) is 1. The van der Waals surface area contributed by atoms with Gasteiger partial charge in [0.25, 0.3) is 0 Å². The summed E-state index contributed by atoms with van der Waals surface area (Å²) in [6.07, 6.45) is 0. The zero-order valence-corrected chi connectivity index (χ0v) is 11.1. The number of amides is 3. The Morgan fingerprint density at radius 2 is 2.11 bits per heavy atom. The van der Waals surface area contributed by atoms with Crippen molar-refractivity contribution in [3.8, 4) is 0 Å². The summed E-state index contributed by atoms with van der Waals surface area (Å²) in [4.78, 5) is 37.2. The summed E-state index contributed by atoms with van der Waals surface area (Å²) in [6, 6.07) is -0.901. The number of nitrogens with one attached hydrogen (secondary N) is 2. The molecule has 0 unspecified atom stereocenters. The predicted octanol–water partition coefficient (Wildman–Crippen LogP) is -0.580. The molecular formula is C9H15N5O3S. The van der Waals surface area contributed by atoms with Crippen molar-refractivity contribution >= 4 is 23.7 Å². The molecule has 1 rings (SSSR count). The topological polar surface area (TPSA) is 123 Å². The van der Waals surface area contributed by atoms with E-state index in [9.17, 15) is 14.4 Å². The molecule has 0 aromatic carbocycles. The van der Waals surface area contributed by atoms with E-state index < -0.39 is 22.9 Å². The van der Waals surface area contributed by atoms with E-state index in [-0.39, 0.29) is 5.92 Å². The first kappa shape index (κ1) is 14.3. The Hall–Kier alpha value is -1.77. The molecule has 1 atom stereocenters. The van der Waals surface area contributed by atoms with Crippen molar-refractivity contribution in [2.45, 2.75) is 24.3 Å². The molecule has 0 radical (unpaired) electrons. The molecular weight excluding hydrogens is 258 g/mol. The molecule has 18 heavy (non-hydrogen) atoms. The Bertz CT molecular complexity index is 507. The van der Waals surface area contributed by atoms with Crippen LogP contribution in [0.3, 0.4) is 0 Å². The number of urea groups is 1. The number of carbonyl (C=O) groups is 2. The van der Waals surface area contributed by atoms with Crippen LogP contribution in [-0.2, 0) is 11.8 Å².